The molecule has 1 aromatic rings. The van der Waals surface area contributed by atoms with E-state index >= 15 is 0 Å². The number of aromatic nitrogens is 1. The van der Waals surface area contributed by atoms with Crippen LogP contribution < -0.4 is 15.9 Å². The lowest BCUT2D eigenvalue weighted by atomic mass is 9.80. The van der Waals surface area contributed by atoms with E-state index in [1.807, 2.05) is 47.6 Å². The van der Waals surface area contributed by atoms with Crippen molar-refractivity contribution in [1.82, 2.24) is 4.98 Å². The van der Waals surface area contributed by atoms with Crippen LogP contribution >= 0.6 is 0 Å². The highest BCUT2D eigenvalue weighted by molar-refractivity contribution is 6.62. The van der Waals surface area contributed by atoms with Crippen molar-refractivity contribution in [3.05, 3.63) is 17.8 Å². The second kappa shape index (κ2) is 6.90. The maximum absolute atomic E-state index is 6.31. The lowest BCUT2D eigenvalue weighted by Gasteiger charge is -2.32. The smallest absolute Gasteiger partial charge is 0.476 e. The Hall–Kier alpha value is -1.11. The molecule has 0 radical (unpaired) electrons. The van der Waals surface area contributed by atoms with Gasteiger partial charge in [0, 0.05) is 22.8 Å². The van der Waals surface area contributed by atoms with Crippen LogP contribution in [0.5, 0.6) is 5.88 Å². The van der Waals surface area contributed by atoms with Gasteiger partial charge in [-0.3, -0.25) is 0 Å². The molecule has 0 spiro atoms. The number of nitrogens with zero attached hydrogens (tertiary/aromatic N) is 1. The maximum Gasteiger partial charge on any atom is 0.496 e. The van der Waals surface area contributed by atoms with Gasteiger partial charge < -0.3 is 19.8 Å². The summed E-state index contributed by atoms with van der Waals surface area (Å²) < 4.78 is 18.0. The van der Waals surface area contributed by atoms with Crippen molar-refractivity contribution in [3.8, 4) is 5.88 Å². The van der Waals surface area contributed by atoms with E-state index in [4.69, 9.17) is 19.8 Å². The van der Waals surface area contributed by atoms with Crippen molar-refractivity contribution in [1.29, 1.82) is 0 Å². The zero-order valence-electron chi connectivity index (χ0n) is 17.0. The van der Waals surface area contributed by atoms with E-state index < -0.39 is 7.12 Å². The molecule has 1 fully saturated rings. The van der Waals surface area contributed by atoms with E-state index in [0.717, 1.165) is 17.4 Å². The standard InChI is InChI=1S/C19H33BN2O3/c1-13(2)10-19(8,21)12-23-16-14(3)9-15(11-22-16)20-24-17(4,5)18(6,7)25-20/h9,11,13H,10,12,21H2,1-8H3. The Morgan fingerprint density at radius 2 is 1.80 bits per heavy atom. The topological polar surface area (TPSA) is 66.6 Å². The van der Waals surface area contributed by atoms with Crippen molar-refractivity contribution in [2.24, 2.45) is 11.7 Å². The van der Waals surface area contributed by atoms with Gasteiger partial charge in [0.15, 0.2) is 0 Å². The Morgan fingerprint density at radius 1 is 1.24 bits per heavy atom. The average Bonchev–Trinajstić information content (AvgIpc) is 2.64. The highest BCUT2D eigenvalue weighted by Crippen LogP contribution is 2.36. The highest BCUT2D eigenvalue weighted by atomic mass is 16.7. The quantitative estimate of drug-likeness (QED) is 0.801. The Kier molecular flexibility index (Phi) is 5.57. The third-order valence-corrected chi connectivity index (χ3v) is 4.99. The fourth-order valence-electron chi connectivity index (χ4n) is 3.07. The van der Waals surface area contributed by atoms with Crippen molar-refractivity contribution < 1.29 is 14.0 Å². The molecule has 2 rings (SSSR count). The van der Waals surface area contributed by atoms with E-state index in [0.29, 0.717) is 18.4 Å². The van der Waals surface area contributed by atoms with Crippen molar-refractivity contribution in [2.45, 2.75) is 78.6 Å². The molecule has 1 unspecified atom stereocenters. The summed E-state index contributed by atoms with van der Waals surface area (Å²) in [5.41, 5.74) is 7.07. The summed E-state index contributed by atoms with van der Waals surface area (Å²) in [5, 5.41) is 0. The SMILES string of the molecule is Cc1cc(B2OC(C)(C)C(C)(C)O2)cnc1OCC(C)(N)CC(C)C. The van der Waals surface area contributed by atoms with Crippen molar-refractivity contribution in [3.63, 3.8) is 0 Å². The fourth-order valence-corrected chi connectivity index (χ4v) is 3.07. The summed E-state index contributed by atoms with van der Waals surface area (Å²) >= 11 is 0. The summed E-state index contributed by atoms with van der Waals surface area (Å²) in [7, 11) is -0.411. The van der Waals surface area contributed by atoms with Gasteiger partial charge in [0.1, 0.15) is 6.61 Å². The first kappa shape index (κ1) is 20.2. The van der Waals surface area contributed by atoms with Crippen molar-refractivity contribution in [2.75, 3.05) is 6.61 Å². The Morgan fingerprint density at radius 3 is 2.28 bits per heavy atom. The van der Waals surface area contributed by atoms with Gasteiger partial charge in [-0.1, -0.05) is 19.9 Å². The van der Waals surface area contributed by atoms with Gasteiger partial charge in [0.05, 0.1) is 11.2 Å². The Balaban J connectivity index is 2.07. The summed E-state index contributed by atoms with van der Waals surface area (Å²) in [5.74, 6) is 1.14. The minimum Gasteiger partial charge on any atom is -0.476 e. The number of rotatable bonds is 6. The molecule has 2 N–H and O–H groups in total. The van der Waals surface area contributed by atoms with Gasteiger partial charge >= 0.3 is 7.12 Å². The molecule has 1 aliphatic rings. The lowest BCUT2D eigenvalue weighted by Crippen LogP contribution is -2.43. The van der Waals surface area contributed by atoms with Crippen LogP contribution in [0.15, 0.2) is 12.3 Å². The minimum atomic E-state index is -0.411. The fraction of sp³-hybridized carbons (Fsp3) is 0.737. The van der Waals surface area contributed by atoms with Crippen LogP contribution in [0.25, 0.3) is 0 Å². The van der Waals surface area contributed by atoms with Crippen LogP contribution in [0.4, 0.5) is 0 Å². The number of hydrogen-bond donors (Lipinski definition) is 1. The lowest BCUT2D eigenvalue weighted by molar-refractivity contribution is 0.00578. The molecule has 0 aliphatic carbocycles. The second-order valence-electron chi connectivity index (χ2n) is 9.02. The summed E-state index contributed by atoms with van der Waals surface area (Å²) in [4.78, 5) is 4.46. The van der Waals surface area contributed by atoms with Gasteiger partial charge in [-0.05, 0) is 53.9 Å². The maximum atomic E-state index is 6.31. The zero-order chi connectivity index (χ0) is 19.0. The highest BCUT2D eigenvalue weighted by Gasteiger charge is 2.51. The third kappa shape index (κ3) is 4.75. The number of ether oxygens (including phenoxy) is 1. The first-order chi connectivity index (χ1) is 11.3. The number of pyridine rings is 1. The number of aryl methyl sites for hydroxylation is 1. The molecule has 1 aliphatic heterocycles. The molecule has 140 valence electrons. The van der Waals surface area contributed by atoms with Crippen LogP contribution in [0, 0.1) is 12.8 Å². The third-order valence-electron chi connectivity index (χ3n) is 4.99. The van der Waals surface area contributed by atoms with E-state index in [9.17, 15) is 0 Å². The zero-order valence-corrected chi connectivity index (χ0v) is 17.0. The van der Waals surface area contributed by atoms with Crippen molar-refractivity contribution >= 4 is 12.6 Å². The monoisotopic (exact) mass is 348 g/mol. The average molecular weight is 348 g/mol. The molecule has 0 bridgehead atoms. The number of hydrogen-bond acceptors (Lipinski definition) is 5. The molecular formula is C19H33BN2O3. The molecule has 1 atom stereocenters. The predicted octanol–water partition coefficient (Wildman–Crippen LogP) is 2.83. The minimum absolute atomic E-state index is 0.362. The van der Waals surface area contributed by atoms with Crippen LogP contribution in [0.2, 0.25) is 0 Å². The number of nitrogens with two attached hydrogens (primary N) is 1. The second-order valence-corrected chi connectivity index (χ2v) is 9.02. The molecular weight excluding hydrogens is 315 g/mol. The molecule has 0 amide bonds. The molecule has 1 aromatic heterocycles. The molecule has 2 heterocycles. The van der Waals surface area contributed by atoms with Crippen LogP contribution in [0.3, 0.4) is 0 Å². The molecule has 25 heavy (non-hydrogen) atoms. The first-order valence-electron chi connectivity index (χ1n) is 9.07. The molecule has 6 heteroatoms. The van der Waals surface area contributed by atoms with Gasteiger partial charge in [0.2, 0.25) is 5.88 Å². The summed E-state index contributed by atoms with van der Waals surface area (Å²) in [6.07, 6.45) is 2.67. The summed E-state index contributed by atoms with van der Waals surface area (Å²) in [6, 6.07) is 2.01. The molecule has 1 saturated heterocycles. The van der Waals surface area contributed by atoms with Crippen LogP contribution in [-0.2, 0) is 9.31 Å². The molecule has 0 saturated carbocycles. The van der Waals surface area contributed by atoms with Gasteiger partial charge in [-0.15, -0.1) is 0 Å². The largest absolute Gasteiger partial charge is 0.496 e. The molecule has 5 nitrogen and oxygen atoms in total. The first-order valence-corrected chi connectivity index (χ1v) is 9.07. The molecule has 0 aromatic carbocycles. The van der Waals surface area contributed by atoms with Gasteiger partial charge in [-0.25, -0.2) is 4.98 Å². The summed E-state index contributed by atoms with van der Waals surface area (Å²) in [6.45, 7) is 16.9. The van der Waals surface area contributed by atoms with Gasteiger partial charge in [-0.2, -0.15) is 0 Å². The predicted molar refractivity (Wildman–Crippen MR) is 102 cm³/mol. The van der Waals surface area contributed by atoms with Crippen LogP contribution in [-0.4, -0.2) is 35.5 Å². The Bertz CT molecular complexity index is 599. The van der Waals surface area contributed by atoms with E-state index in [1.54, 1.807) is 6.20 Å². The van der Waals surface area contributed by atoms with Gasteiger partial charge in [0.25, 0.3) is 0 Å². The normalized spacial score (nSPS) is 21.4. The Labute approximate surface area is 152 Å². The van der Waals surface area contributed by atoms with E-state index in [2.05, 4.69) is 18.8 Å². The van der Waals surface area contributed by atoms with Crippen LogP contribution in [0.1, 0.15) is 60.5 Å². The van der Waals surface area contributed by atoms with E-state index in [-0.39, 0.29) is 16.7 Å². The van der Waals surface area contributed by atoms with E-state index in [1.165, 1.54) is 0 Å².